The number of nitrogens with two attached hydrogens (primary N) is 1. The Labute approximate surface area is 145 Å². The Kier molecular flexibility index (Phi) is 7.65. The summed E-state index contributed by atoms with van der Waals surface area (Å²) in [5.74, 6) is 2.11. The van der Waals surface area contributed by atoms with Crippen molar-refractivity contribution in [3.8, 4) is 5.75 Å². The molecule has 1 aliphatic rings. The number of nitrogens with one attached hydrogen (secondary N) is 1. The van der Waals surface area contributed by atoms with Gasteiger partial charge in [0.25, 0.3) is 0 Å². The van der Waals surface area contributed by atoms with E-state index in [1.807, 2.05) is 18.2 Å². The highest BCUT2D eigenvalue weighted by atomic mass is 127. The van der Waals surface area contributed by atoms with Crippen LogP contribution in [-0.4, -0.2) is 19.6 Å². The molecule has 0 radical (unpaired) electrons. The number of aliphatic imine (C=N–C) groups is 1. The van der Waals surface area contributed by atoms with E-state index in [0.717, 1.165) is 28.2 Å². The molecule has 6 heteroatoms. The van der Waals surface area contributed by atoms with Crippen molar-refractivity contribution in [2.24, 2.45) is 16.6 Å². The summed E-state index contributed by atoms with van der Waals surface area (Å²) in [6, 6.07) is 5.90. The third kappa shape index (κ3) is 5.12. The molecule has 0 amide bonds. The van der Waals surface area contributed by atoms with Crippen LogP contribution in [0, 0.1) is 5.92 Å². The van der Waals surface area contributed by atoms with Crippen molar-refractivity contribution in [2.75, 3.05) is 13.7 Å². The van der Waals surface area contributed by atoms with E-state index in [-0.39, 0.29) is 24.0 Å². The number of methoxy groups -OCH3 is 1. The van der Waals surface area contributed by atoms with Crippen LogP contribution in [0.15, 0.2) is 27.7 Å². The highest BCUT2D eigenvalue weighted by Crippen LogP contribution is 2.25. The van der Waals surface area contributed by atoms with Gasteiger partial charge in [0.15, 0.2) is 5.96 Å². The molecule has 0 unspecified atom stereocenters. The van der Waals surface area contributed by atoms with E-state index < -0.39 is 0 Å². The van der Waals surface area contributed by atoms with Crippen LogP contribution in [0.25, 0.3) is 0 Å². The summed E-state index contributed by atoms with van der Waals surface area (Å²) in [6.45, 7) is 1.47. The summed E-state index contributed by atoms with van der Waals surface area (Å²) in [7, 11) is 1.66. The average molecular weight is 454 g/mol. The van der Waals surface area contributed by atoms with Gasteiger partial charge in [0, 0.05) is 16.6 Å². The van der Waals surface area contributed by atoms with Gasteiger partial charge in [-0.3, -0.25) is 0 Å². The van der Waals surface area contributed by atoms with E-state index in [9.17, 15) is 0 Å². The van der Waals surface area contributed by atoms with Crippen molar-refractivity contribution in [3.63, 3.8) is 0 Å². The molecule has 0 spiro atoms. The van der Waals surface area contributed by atoms with E-state index in [2.05, 4.69) is 26.2 Å². The van der Waals surface area contributed by atoms with Crippen LogP contribution >= 0.6 is 39.9 Å². The van der Waals surface area contributed by atoms with Gasteiger partial charge in [0.05, 0.1) is 13.7 Å². The molecule has 0 aromatic heterocycles. The molecule has 1 fully saturated rings. The summed E-state index contributed by atoms with van der Waals surface area (Å²) in [4.78, 5) is 4.35. The standard InChI is InChI=1S/C14H20BrN3O.HI/c1-19-13-7-12(15)6-5-11(13)9-18-14(16)17-8-10-3-2-4-10;/h5-7,10H,2-4,8-9H2,1H3,(H3,16,17,18);1H. The zero-order valence-corrected chi connectivity index (χ0v) is 15.5. The fourth-order valence-electron chi connectivity index (χ4n) is 2.02. The Balaban J connectivity index is 0.00000200. The first kappa shape index (κ1) is 17.6. The molecule has 1 saturated carbocycles. The number of halogens is 2. The summed E-state index contributed by atoms with van der Waals surface area (Å²) >= 11 is 3.42. The Hall–Kier alpha value is -0.500. The van der Waals surface area contributed by atoms with Crippen molar-refractivity contribution >= 4 is 45.9 Å². The monoisotopic (exact) mass is 453 g/mol. The minimum atomic E-state index is 0. The molecular weight excluding hydrogens is 433 g/mol. The number of benzene rings is 1. The molecule has 20 heavy (non-hydrogen) atoms. The number of hydrogen-bond donors (Lipinski definition) is 2. The first-order chi connectivity index (χ1) is 9.19. The molecule has 1 aromatic rings. The van der Waals surface area contributed by atoms with E-state index in [4.69, 9.17) is 10.5 Å². The molecule has 112 valence electrons. The quantitative estimate of drug-likeness (QED) is 0.408. The smallest absolute Gasteiger partial charge is 0.188 e. The number of nitrogens with zero attached hydrogens (tertiary/aromatic N) is 1. The molecule has 1 aromatic carbocycles. The predicted octanol–water partition coefficient (Wildman–Crippen LogP) is 3.28. The van der Waals surface area contributed by atoms with Gasteiger partial charge in [-0.25, -0.2) is 4.99 Å². The maximum Gasteiger partial charge on any atom is 0.188 e. The van der Waals surface area contributed by atoms with Gasteiger partial charge in [0.1, 0.15) is 5.75 Å². The third-order valence-electron chi connectivity index (χ3n) is 3.47. The molecule has 0 bridgehead atoms. The van der Waals surface area contributed by atoms with E-state index in [0.29, 0.717) is 12.5 Å². The fraction of sp³-hybridized carbons (Fsp3) is 0.500. The molecular formula is C14H21BrIN3O. The second-order valence-electron chi connectivity index (χ2n) is 4.84. The van der Waals surface area contributed by atoms with Crippen molar-refractivity contribution in [1.82, 2.24) is 5.32 Å². The van der Waals surface area contributed by atoms with Gasteiger partial charge in [-0.05, 0) is 30.9 Å². The summed E-state index contributed by atoms with van der Waals surface area (Å²) in [5.41, 5.74) is 6.89. The van der Waals surface area contributed by atoms with Crippen LogP contribution in [-0.2, 0) is 6.54 Å². The summed E-state index contributed by atoms with van der Waals surface area (Å²) in [5, 5.41) is 3.18. The predicted molar refractivity (Wildman–Crippen MR) is 96.8 cm³/mol. The molecule has 2 rings (SSSR count). The highest BCUT2D eigenvalue weighted by molar-refractivity contribution is 14.0. The Bertz CT molecular complexity index is 464. The van der Waals surface area contributed by atoms with Gasteiger partial charge in [0.2, 0.25) is 0 Å². The van der Waals surface area contributed by atoms with Crippen molar-refractivity contribution in [3.05, 3.63) is 28.2 Å². The van der Waals surface area contributed by atoms with E-state index >= 15 is 0 Å². The van der Waals surface area contributed by atoms with Gasteiger partial charge in [-0.15, -0.1) is 24.0 Å². The lowest BCUT2D eigenvalue weighted by atomic mass is 9.85. The second kappa shape index (κ2) is 8.71. The molecule has 0 heterocycles. The lowest BCUT2D eigenvalue weighted by molar-refractivity contribution is 0.315. The molecule has 1 aliphatic carbocycles. The minimum Gasteiger partial charge on any atom is -0.496 e. The van der Waals surface area contributed by atoms with Crippen molar-refractivity contribution < 1.29 is 4.74 Å². The summed E-state index contributed by atoms with van der Waals surface area (Å²) in [6.07, 6.45) is 3.96. The van der Waals surface area contributed by atoms with Crippen LogP contribution in [0.2, 0.25) is 0 Å². The van der Waals surface area contributed by atoms with Gasteiger partial charge in [-0.1, -0.05) is 28.4 Å². The first-order valence-electron chi connectivity index (χ1n) is 6.55. The maximum atomic E-state index is 5.86. The molecule has 0 aliphatic heterocycles. The van der Waals surface area contributed by atoms with Crippen LogP contribution in [0.3, 0.4) is 0 Å². The zero-order valence-electron chi connectivity index (χ0n) is 11.6. The highest BCUT2D eigenvalue weighted by Gasteiger charge is 2.16. The second-order valence-corrected chi connectivity index (χ2v) is 5.75. The number of ether oxygens (including phenoxy) is 1. The molecule has 3 N–H and O–H groups in total. The fourth-order valence-corrected chi connectivity index (χ4v) is 2.36. The molecule has 0 atom stereocenters. The number of guanidine groups is 1. The molecule has 4 nitrogen and oxygen atoms in total. The van der Waals surface area contributed by atoms with Crippen LogP contribution in [0.4, 0.5) is 0 Å². The Morgan fingerprint density at radius 3 is 2.85 bits per heavy atom. The van der Waals surface area contributed by atoms with E-state index in [1.165, 1.54) is 19.3 Å². The first-order valence-corrected chi connectivity index (χ1v) is 7.34. The number of rotatable bonds is 5. The van der Waals surface area contributed by atoms with Crippen LogP contribution in [0.1, 0.15) is 24.8 Å². The lowest BCUT2D eigenvalue weighted by Gasteiger charge is -2.25. The summed E-state index contributed by atoms with van der Waals surface area (Å²) < 4.78 is 6.32. The largest absolute Gasteiger partial charge is 0.496 e. The zero-order chi connectivity index (χ0) is 13.7. The SMILES string of the molecule is COc1cc(Br)ccc1CN=C(N)NCC1CCC1.I. The molecule has 0 saturated heterocycles. The van der Waals surface area contributed by atoms with Crippen LogP contribution in [0.5, 0.6) is 5.75 Å². The lowest BCUT2D eigenvalue weighted by Crippen LogP contribution is -2.37. The van der Waals surface area contributed by atoms with Gasteiger partial charge < -0.3 is 15.8 Å². The van der Waals surface area contributed by atoms with E-state index in [1.54, 1.807) is 7.11 Å². The average Bonchev–Trinajstić information content (AvgIpc) is 2.35. The minimum absolute atomic E-state index is 0. The van der Waals surface area contributed by atoms with Gasteiger partial charge >= 0.3 is 0 Å². The Morgan fingerprint density at radius 1 is 1.50 bits per heavy atom. The third-order valence-corrected chi connectivity index (χ3v) is 3.96. The van der Waals surface area contributed by atoms with Crippen molar-refractivity contribution in [1.29, 1.82) is 0 Å². The topological polar surface area (TPSA) is 59.6 Å². The van der Waals surface area contributed by atoms with Crippen molar-refractivity contribution in [2.45, 2.75) is 25.8 Å². The maximum absolute atomic E-state index is 5.86. The Morgan fingerprint density at radius 2 is 2.25 bits per heavy atom. The normalized spacial score (nSPS) is 15.2. The van der Waals surface area contributed by atoms with Crippen LogP contribution < -0.4 is 15.8 Å². The number of hydrogen-bond acceptors (Lipinski definition) is 2. The van der Waals surface area contributed by atoms with Gasteiger partial charge in [-0.2, -0.15) is 0 Å².